The molecule has 156 valence electrons. The lowest BCUT2D eigenvalue weighted by atomic mass is 9.81. The summed E-state index contributed by atoms with van der Waals surface area (Å²) in [6.07, 6.45) is 8.26. The molecule has 1 aliphatic carbocycles. The number of hydrogen-bond acceptors (Lipinski definition) is 3. The van der Waals surface area contributed by atoms with Gasteiger partial charge < -0.3 is 9.80 Å². The van der Waals surface area contributed by atoms with Crippen LogP contribution < -0.4 is 0 Å². The van der Waals surface area contributed by atoms with Crippen molar-refractivity contribution < 1.29 is 14.4 Å². The summed E-state index contributed by atoms with van der Waals surface area (Å²) >= 11 is 0. The minimum absolute atomic E-state index is 0.0940. The summed E-state index contributed by atoms with van der Waals surface area (Å²) < 4.78 is 0. The van der Waals surface area contributed by atoms with E-state index in [1.807, 2.05) is 23.1 Å². The molecule has 1 aromatic carbocycles. The zero-order chi connectivity index (χ0) is 20.4. The van der Waals surface area contributed by atoms with Crippen molar-refractivity contribution in [1.29, 1.82) is 0 Å². The number of aryl methyl sites for hydroxylation is 1. The Balaban J connectivity index is 1.40. The number of benzene rings is 1. The Hall–Kier alpha value is -2.37. The van der Waals surface area contributed by atoms with E-state index in [1.54, 1.807) is 11.9 Å². The highest BCUT2D eigenvalue weighted by atomic mass is 16.2. The SMILES string of the molecule is CN1C(=O)N(CC(=O)N2CCCC2CCc2ccccc2)C(=O)C12CCCCC2. The second-order valence-electron chi connectivity index (χ2n) is 8.73. The van der Waals surface area contributed by atoms with Crippen molar-refractivity contribution in [3.63, 3.8) is 0 Å². The fourth-order valence-electron chi connectivity index (χ4n) is 5.34. The highest BCUT2D eigenvalue weighted by Gasteiger charge is 2.56. The Kier molecular flexibility index (Phi) is 5.61. The van der Waals surface area contributed by atoms with Crippen LogP contribution in [0.3, 0.4) is 0 Å². The van der Waals surface area contributed by atoms with Crippen LogP contribution in [0.2, 0.25) is 0 Å². The van der Waals surface area contributed by atoms with Gasteiger partial charge in [0.15, 0.2) is 0 Å². The number of likely N-dealkylation sites (N-methyl/N-ethyl adjacent to an activating group) is 1. The lowest BCUT2D eigenvalue weighted by molar-refractivity contribution is -0.140. The van der Waals surface area contributed by atoms with Gasteiger partial charge in [0, 0.05) is 19.6 Å². The van der Waals surface area contributed by atoms with Gasteiger partial charge >= 0.3 is 6.03 Å². The molecule has 6 nitrogen and oxygen atoms in total. The monoisotopic (exact) mass is 397 g/mol. The summed E-state index contributed by atoms with van der Waals surface area (Å²) in [7, 11) is 1.72. The molecule has 1 spiro atoms. The number of amides is 4. The summed E-state index contributed by atoms with van der Waals surface area (Å²) in [5, 5.41) is 0. The standard InChI is InChI=1S/C23H31N3O3/c1-24-22(29)26(21(28)23(24)14-6-3-7-15-23)17-20(27)25-16-8-11-19(25)13-12-18-9-4-2-5-10-18/h2,4-5,9-10,19H,3,6-8,11-17H2,1H3. The minimum atomic E-state index is -0.715. The third-order valence-corrected chi connectivity index (χ3v) is 7.08. The molecule has 4 amide bonds. The summed E-state index contributed by atoms with van der Waals surface area (Å²) in [6.45, 7) is 0.598. The highest BCUT2D eigenvalue weighted by Crippen LogP contribution is 2.39. The van der Waals surface area contributed by atoms with Crippen LogP contribution in [0.4, 0.5) is 4.79 Å². The molecule has 1 unspecified atom stereocenters. The van der Waals surface area contributed by atoms with Crippen LogP contribution in [-0.4, -0.2) is 64.3 Å². The molecular weight excluding hydrogens is 366 g/mol. The number of likely N-dealkylation sites (tertiary alicyclic amines) is 1. The third-order valence-electron chi connectivity index (χ3n) is 7.08. The van der Waals surface area contributed by atoms with Crippen LogP contribution >= 0.6 is 0 Å². The second kappa shape index (κ2) is 8.17. The highest BCUT2D eigenvalue weighted by molar-refractivity contribution is 6.09. The van der Waals surface area contributed by atoms with Crippen LogP contribution in [0.15, 0.2) is 30.3 Å². The Labute approximate surface area is 172 Å². The van der Waals surface area contributed by atoms with Crippen molar-refractivity contribution in [1.82, 2.24) is 14.7 Å². The molecule has 3 fully saturated rings. The van der Waals surface area contributed by atoms with Crippen molar-refractivity contribution in [2.24, 2.45) is 0 Å². The molecule has 1 aromatic rings. The van der Waals surface area contributed by atoms with E-state index in [0.717, 1.165) is 51.5 Å². The van der Waals surface area contributed by atoms with Crippen molar-refractivity contribution in [3.8, 4) is 0 Å². The second-order valence-corrected chi connectivity index (χ2v) is 8.73. The topological polar surface area (TPSA) is 60.9 Å². The number of nitrogens with zero attached hydrogens (tertiary/aromatic N) is 3. The van der Waals surface area contributed by atoms with Crippen molar-refractivity contribution in [2.45, 2.75) is 69.4 Å². The summed E-state index contributed by atoms with van der Waals surface area (Å²) in [4.78, 5) is 43.7. The van der Waals surface area contributed by atoms with E-state index in [0.29, 0.717) is 12.8 Å². The molecule has 3 aliphatic rings. The van der Waals surface area contributed by atoms with Crippen LogP contribution in [-0.2, 0) is 16.0 Å². The Morgan fingerprint density at radius 1 is 1.07 bits per heavy atom. The first kappa shape index (κ1) is 19.9. The molecule has 0 bridgehead atoms. The average Bonchev–Trinajstić information content (AvgIpc) is 3.29. The Morgan fingerprint density at radius 3 is 2.52 bits per heavy atom. The zero-order valence-electron chi connectivity index (χ0n) is 17.3. The van der Waals surface area contributed by atoms with E-state index in [2.05, 4.69) is 12.1 Å². The number of urea groups is 1. The Morgan fingerprint density at radius 2 is 1.79 bits per heavy atom. The Bertz CT molecular complexity index is 773. The molecule has 0 N–H and O–H groups in total. The zero-order valence-corrected chi connectivity index (χ0v) is 17.3. The van der Waals surface area contributed by atoms with Gasteiger partial charge in [0.05, 0.1) is 0 Å². The smallest absolute Gasteiger partial charge is 0.327 e. The first-order valence-electron chi connectivity index (χ1n) is 11.0. The van der Waals surface area contributed by atoms with Gasteiger partial charge in [-0.15, -0.1) is 0 Å². The quantitative estimate of drug-likeness (QED) is 0.717. The lowest BCUT2D eigenvalue weighted by Crippen LogP contribution is -2.50. The normalized spacial score (nSPS) is 24.0. The predicted octanol–water partition coefficient (Wildman–Crippen LogP) is 3.21. The van der Waals surface area contributed by atoms with Gasteiger partial charge in [-0.2, -0.15) is 0 Å². The summed E-state index contributed by atoms with van der Waals surface area (Å²) in [5.41, 5.74) is 0.561. The van der Waals surface area contributed by atoms with E-state index in [9.17, 15) is 14.4 Å². The predicted molar refractivity (Wildman–Crippen MR) is 110 cm³/mol. The maximum atomic E-state index is 13.1. The van der Waals surface area contributed by atoms with Crippen LogP contribution in [0.25, 0.3) is 0 Å². The van der Waals surface area contributed by atoms with Gasteiger partial charge in [-0.25, -0.2) is 4.79 Å². The molecule has 0 radical (unpaired) electrons. The van der Waals surface area contributed by atoms with Gasteiger partial charge in [0.1, 0.15) is 12.1 Å². The van der Waals surface area contributed by atoms with E-state index in [-0.39, 0.29) is 30.4 Å². The lowest BCUT2D eigenvalue weighted by Gasteiger charge is -2.35. The number of carbonyl (C=O) groups excluding carboxylic acids is 3. The van der Waals surface area contributed by atoms with Crippen LogP contribution in [0.1, 0.15) is 56.9 Å². The number of carbonyl (C=O) groups is 3. The maximum Gasteiger partial charge on any atom is 0.327 e. The molecule has 29 heavy (non-hydrogen) atoms. The van der Waals surface area contributed by atoms with Crippen molar-refractivity contribution >= 4 is 17.8 Å². The van der Waals surface area contributed by atoms with E-state index < -0.39 is 5.54 Å². The summed E-state index contributed by atoms with van der Waals surface area (Å²) in [6, 6.07) is 10.2. The van der Waals surface area contributed by atoms with E-state index in [4.69, 9.17) is 0 Å². The summed E-state index contributed by atoms with van der Waals surface area (Å²) in [5.74, 6) is -0.262. The van der Waals surface area contributed by atoms with E-state index in [1.165, 1.54) is 10.5 Å². The minimum Gasteiger partial charge on any atom is -0.338 e. The molecule has 2 aliphatic heterocycles. The molecule has 2 heterocycles. The molecule has 2 saturated heterocycles. The number of hydrogen-bond donors (Lipinski definition) is 0. The molecule has 0 aromatic heterocycles. The molecular formula is C23H31N3O3. The average molecular weight is 398 g/mol. The maximum absolute atomic E-state index is 13.1. The van der Waals surface area contributed by atoms with Crippen LogP contribution in [0.5, 0.6) is 0 Å². The van der Waals surface area contributed by atoms with Gasteiger partial charge in [-0.3, -0.25) is 14.5 Å². The van der Waals surface area contributed by atoms with Crippen molar-refractivity contribution in [2.75, 3.05) is 20.1 Å². The molecule has 6 heteroatoms. The number of imide groups is 1. The molecule has 1 saturated carbocycles. The van der Waals surface area contributed by atoms with Gasteiger partial charge in [-0.05, 0) is 44.1 Å². The fraction of sp³-hybridized carbons (Fsp3) is 0.609. The third kappa shape index (κ3) is 3.65. The van der Waals surface area contributed by atoms with Gasteiger partial charge in [0.2, 0.25) is 5.91 Å². The first-order chi connectivity index (χ1) is 14.0. The van der Waals surface area contributed by atoms with Crippen LogP contribution in [0, 0.1) is 0 Å². The molecule has 4 rings (SSSR count). The molecule has 1 atom stereocenters. The van der Waals surface area contributed by atoms with Crippen molar-refractivity contribution in [3.05, 3.63) is 35.9 Å². The fourth-order valence-corrected chi connectivity index (χ4v) is 5.34. The largest absolute Gasteiger partial charge is 0.338 e. The van der Waals surface area contributed by atoms with Gasteiger partial charge in [-0.1, -0.05) is 49.6 Å². The first-order valence-corrected chi connectivity index (χ1v) is 11.0. The van der Waals surface area contributed by atoms with E-state index >= 15 is 0 Å². The van der Waals surface area contributed by atoms with Gasteiger partial charge in [0.25, 0.3) is 5.91 Å². The number of rotatable bonds is 5.